The van der Waals surface area contributed by atoms with Crippen LogP contribution in [0.2, 0.25) is 0 Å². The molecular weight excluding hydrogens is 406 g/mol. The molecule has 3 aromatic rings. The lowest BCUT2D eigenvalue weighted by molar-refractivity contribution is -0.119. The Morgan fingerprint density at radius 1 is 1.17 bits per heavy atom. The molecule has 0 fully saturated rings. The van der Waals surface area contributed by atoms with E-state index in [-0.39, 0.29) is 5.91 Å². The number of aromatic nitrogens is 2. The molecule has 2 aromatic heterocycles. The van der Waals surface area contributed by atoms with Crippen molar-refractivity contribution in [3.63, 3.8) is 0 Å². The summed E-state index contributed by atoms with van der Waals surface area (Å²) < 4.78 is 4.45. The Labute approximate surface area is 176 Å². The highest BCUT2D eigenvalue weighted by Crippen LogP contribution is 2.29. The van der Waals surface area contributed by atoms with Crippen molar-refractivity contribution in [1.82, 2.24) is 9.97 Å². The highest BCUT2D eigenvalue weighted by molar-refractivity contribution is 7.14. The normalized spacial score (nSPS) is 10.3. The van der Waals surface area contributed by atoms with Crippen molar-refractivity contribution in [3.05, 3.63) is 48.0 Å². The minimum absolute atomic E-state index is 0.105. The highest BCUT2D eigenvalue weighted by Gasteiger charge is 2.12. The van der Waals surface area contributed by atoms with Crippen molar-refractivity contribution >= 4 is 40.2 Å². The molecule has 2 heterocycles. The van der Waals surface area contributed by atoms with E-state index < -0.39 is 18.6 Å². The summed E-state index contributed by atoms with van der Waals surface area (Å²) in [5.41, 5.74) is 8.22. The molecule has 0 unspecified atom stereocenters. The number of hydrogen-bond donors (Lipinski definition) is 2. The fraction of sp³-hybridized carbons (Fsp3) is 0.150. The summed E-state index contributed by atoms with van der Waals surface area (Å²) in [5.74, 6) is -0.0729. The number of thiazole rings is 1. The minimum atomic E-state index is -1.02. The number of nitrogens with two attached hydrogens (primary N) is 1. The number of nitrogens with zero attached hydrogens (tertiary/aromatic N) is 3. The van der Waals surface area contributed by atoms with Gasteiger partial charge in [0.15, 0.2) is 11.7 Å². The first-order valence-electron chi connectivity index (χ1n) is 8.82. The van der Waals surface area contributed by atoms with Gasteiger partial charge in [-0.05, 0) is 29.3 Å². The van der Waals surface area contributed by atoms with Crippen LogP contribution in [0.4, 0.5) is 15.7 Å². The van der Waals surface area contributed by atoms with Crippen molar-refractivity contribution in [2.45, 2.75) is 6.92 Å². The smallest absolute Gasteiger partial charge is 0.405 e. The number of pyridine rings is 1. The van der Waals surface area contributed by atoms with E-state index in [1.807, 2.05) is 41.8 Å². The average molecular weight is 425 g/mol. The van der Waals surface area contributed by atoms with E-state index >= 15 is 0 Å². The number of hydrogen-bond acceptors (Lipinski definition) is 7. The number of primary amides is 1. The van der Waals surface area contributed by atoms with Crippen LogP contribution in [0.25, 0.3) is 22.4 Å². The predicted octanol–water partition coefficient (Wildman–Crippen LogP) is 2.89. The second-order valence-electron chi connectivity index (χ2n) is 6.26. The molecule has 30 heavy (non-hydrogen) atoms. The minimum Gasteiger partial charge on any atom is -0.440 e. The van der Waals surface area contributed by atoms with Gasteiger partial charge in [0.25, 0.3) is 5.91 Å². The first-order valence-corrected chi connectivity index (χ1v) is 9.70. The Morgan fingerprint density at radius 2 is 1.90 bits per heavy atom. The van der Waals surface area contributed by atoms with E-state index in [4.69, 9.17) is 5.73 Å². The van der Waals surface area contributed by atoms with Crippen molar-refractivity contribution in [3.8, 4) is 22.4 Å². The Kier molecular flexibility index (Phi) is 6.38. The SMILES string of the molecule is CC(=O)N(C)c1cc(-c2cccc(-c3csc(NC(=O)COC(N)=O)n3)c2)ccn1. The van der Waals surface area contributed by atoms with E-state index in [0.717, 1.165) is 16.7 Å². The topological polar surface area (TPSA) is 128 Å². The summed E-state index contributed by atoms with van der Waals surface area (Å²) in [6.07, 6.45) is 0.636. The van der Waals surface area contributed by atoms with Crippen molar-refractivity contribution in [2.75, 3.05) is 23.9 Å². The number of nitrogens with one attached hydrogen (secondary N) is 1. The van der Waals surface area contributed by atoms with Gasteiger partial charge in [0.05, 0.1) is 5.69 Å². The van der Waals surface area contributed by atoms with E-state index in [2.05, 4.69) is 20.0 Å². The van der Waals surface area contributed by atoms with E-state index in [0.29, 0.717) is 16.6 Å². The monoisotopic (exact) mass is 425 g/mol. The molecule has 0 atom stereocenters. The third-order valence-electron chi connectivity index (χ3n) is 4.15. The van der Waals surface area contributed by atoms with Gasteiger partial charge in [-0.3, -0.25) is 14.9 Å². The summed E-state index contributed by atoms with van der Waals surface area (Å²) in [6, 6.07) is 11.4. The highest BCUT2D eigenvalue weighted by atomic mass is 32.1. The van der Waals surface area contributed by atoms with Crippen LogP contribution < -0.4 is 16.0 Å². The third-order valence-corrected chi connectivity index (χ3v) is 4.91. The van der Waals surface area contributed by atoms with Crippen LogP contribution in [0.5, 0.6) is 0 Å². The van der Waals surface area contributed by atoms with Gasteiger partial charge in [-0.2, -0.15) is 0 Å². The van der Waals surface area contributed by atoms with Gasteiger partial charge < -0.3 is 15.4 Å². The summed E-state index contributed by atoms with van der Waals surface area (Å²) >= 11 is 1.25. The molecule has 0 saturated carbocycles. The molecule has 0 radical (unpaired) electrons. The van der Waals surface area contributed by atoms with Crippen LogP contribution in [-0.4, -0.2) is 41.5 Å². The number of rotatable bonds is 6. The maximum absolute atomic E-state index is 11.7. The van der Waals surface area contributed by atoms with Gasteiger partial charge in [0.2, 0.25) is 5.91 Å². The Balaban J connectivity index is 1.79. The molecule has 3 rings (SSSR count). The van der Waals surface area contributed by atoms with E-state index in [1.54, 1.807) is 13.2 Å². The zero-order valence-electron chi connectivity index (χ0n) is 16.3. The van der Waals surface area contributed by atoms with Crippen LogP contribution >= 0.6 is 11.3 Å². The van der Waals surface area contributed by atoms with Crippen LogP contribution in [-0.2, 0) is 14.3 Å². The van der Waals surface area contributed by atoms with Gasteiger partial charge in [0, 0.05) is 31.1 Å². The predicted molar refractivity (Wildman–Crippen MR) is 114 cm³/mol. The molecule has 0 aliphatic heterocycles. The zero-order chi connectivity index (χ0) is 21.7. The molecule has 0 aliphatic carbocycles. The average Bonchev–Trinajstić information content (AvgIpc) is 3.20. The number of carbonyl (C=O) groups excluding carboxylic acids is 3. The van der Waals surface area contributed by atoms with Gasteiger partial charge in [-0.1, -0.05) is 18.2 Å². The lowest BCUT2D eigenvalue weighted by Gasteiger charge is -2.14. The molecule has 0 bridgehead atoms. The van der Waals surface area contributed by atoms with Crippen molar-refractivity contribution in [1.29, 1.82) is 0 Å². The van der Waals surface area contributed by atoms with Crippen LogP contribution in [0.1, 0.15) is 6.92 Å². The maximum Gasteiger partial charge on any atom is 0.405 e. The fourth-order valence-corrected chi connectivity index (χ4v) is 3.29. The Hall–Kier alpha value is -3.79. The number of anilines is 2. The molecule has 9 nitrogen and oxygen atoms in total. The van der Waals surface area contributed by atoms with Crippen molar-refractivity contribution < 1.29 is 19.1 Å². The molecule has 10 heteroatoms. The molecule has 3 amide bonds. The first kappa shape index (κ1) is 20.9. The van der Waals surface area contributed by atoms with Crippen LogP contribution in [0, 0.1) is 0 Å². The number of amides is 3. The van der Waals surface area contributed by atoms with Gasteiger partial charge in [-0.25, -0.2) is 14.8 Å². The standard InChI is InChI=1S/C20H19N5O4S/c1-12(26)25(2)17-9-14(6-7-22-17)13-4-3-5-15(8-13)16-11-30-20(23-16)24-18(27)10-29-19(21)28/h3-9,11H,10H2,1-2H3,(H2,21,28)(H,23,24,27). The molecule has 1 aromatic carbocycles. The van der Waals surface area contributed by atoms with E-state index in [1.165, 1.54) is 23.2 Å². The van der Waals surface area contributed by atoms with E-state index in [9.17, 15) is 14.4 Å². The zero-order valence-corrected chi connectivity index (χ0v) is 17.1. The molecule has 0 aliphatic rings. The third kappa shape index (κ3) is 5.17. The number of carbonyl (C=O) groups is 3. The molecular formula is C20H19N5O4S. The Morgan fingerprint density at radius 3 is 2.63 bits per heavy atom. The molecule has 0 spiro atoms. The van der Waals surface area contributed by atoms with Gasteiger partial charge in [0.1, 0.15) is 5.82 Å². The molecule has 154 valence electrons. The Bertz CT molecular complexity index is 1100. The van der Waals surface area contributed by atoms with Gasteiger partial charge in [-0.15, -0.1) is 11.3 Å². The lowest BCUT2D eigenvalue weighted by atomic mass is 10.0. The molecule has 0 saturated heterocycles. The summed E-state index contributed by atoms with van der Waals surface area (Å²) in [7, 11) is 1.67. The quantitative estimate of drug-likeness (QED) is 0.625. The second kappa shape index (κ2) is 9.14. The van der Waals surface area contributed by atoms with Crippen molar-refractivity contribution in [2.24, 2.45) is 5.73 Å². The molecule has 3 N–H and O–H groups in total. The fourth-order valence-electron chi connectivity index (χ4n) is 2.56. The summed E-state index contributed by atoms with van der Waals surface area (Å²) in [6.45, 7) is 1.01. The van der Waals surface area contributed by atoms with Gasteiger partial charge >= 0.3 is 6.09 Å². The van der Waals surface area contributed by atoms with Crippen LogP contribution in [0.15, 0.2) is 48.0 Å². The first-order chi connectivity index (χ1) is 14.3. The number of benzene rings is 1. The largest absolute Gasteiger partial charge is 0.440 e. The lowest BCUT2D eigenvalue weighted by Crippen LogP contribution is -2.23. The van der Waals surface area contributed by atoms with Crippen LogP contribution in [0.3, 0.4) is 0 Å². The second-order valence-corrected chi connectivity index (χ2v) is 7.11. The number of ether oxygens (including phenoxy) is 1. The maximum atomic E-state index is 11.7. The summed E-state index contributed by atoms with van der Waals surface area (Å²) in [4.78, 5) is 44.0. The summed E-state index contributed by atoms with van der Waals surface area (Å²) in [5, 5.41) is 4.74.